The minimum Gasteiger partial charge on any atom is -0.469 e. The van der Waals surface area contributed by atoms with Crippen LogP contribution < -0.4 is 5.32 Å². The Balaban J connectivity index is 2.12. The highest BCUT2D eigenvalue weighted by Crippen LogP contribution is 2.26. The van der Waals surface area contributed by atoms with Crippen molar-refractivity contribution in [2.75, 3.05) is 11.9 Å². The number of aryl methyl sites for hydroxylation is 2. The van der Waals surface area contributed by atoms with Crippen LogP contribution in [0.3, 0.4) is 0 Å². The Morgan fingerprint density at radius 1 is 1.33 bits per heavy atom. The Morgan fingerprint density at radius 3 is 2.81 bits per heavy atom. The van der Waals surface area contributed by atoms with Crippen LogP contribution in [0.15, 0.2) is 35.2 Å². The number of nitrogens with zero attached hydrogens (tertiary/aromatic N) is 4. The Bertz CT molecular complexity index is 759. The van der Waals surface area contributed by atoms with Gasteiger partial charge in [-0.05, 0) is 19.9 Å². The first-order valence-corrected chi connectivity index (χ1v) is 6.84. The van der Waals surface area contributed by atoms with Crippen molar-refractivity contribution in [3.8, 4) is 22.6 Å². The van der Waals surface area contributed by atoms with Crippen molar-refractivity contribution in [3.63, 3.8) is 0 Å². The molecule has 3 aromatic heterocycles. The molecule has 0 aromatic carbocycles. The van der Waals surface area contributed by atoms with Gasteiger partial charge in [-0.15, -0.1) is 0 Å². The number of hydrogen-bond acceptors (Lipinski definition) is 5. The van der Waals surface area contributed by atoms with Gasteiger partial charge in [0.25, 0.3) is 0 Å². The molecule has 108 valence electrons. The van der Waals surface area contributed by atoms with Gasteiger partial charge in [-0.1, -0.05) is 0 Å². The lowest BCUT2D eigenvalue weighted by molar-refractivity contribution is 0.535. The van der Waals surface area contributed by atoms with Crippen molar-refractivity contribution in [2.24, 2.45) is 7.05 Å². The predicted octanol–water partition coefficient (Wildman–Crippen LogP) is 2.88. The van der Waals surface area contributed by atoms with Crippen LogP contribution in [0.2, 0.25) is 0 Å². The highest BCUT2D eigenvalue weighted by molar-refractivity contribution is 5.67. The quantitative estimate of drug-likeness (QED) is 0.797. The van der Waals surface area contributed by atoms with Crippen molar-refractivity contribution in [2.45, 2.75) is 13.8 Å². The number of anilines is 1. The molecule has 6 nitrogen and oxygen atoms in total. The predicted molar refractivity (Wildman–Crippen MR) is 80.8 cm³/mol. The third-order valence-corrected chi connectivity index (χ3v) is 3.18. The van der Waals surface area contributed by atoms with Crippen molar-refractivity contribution in [1.82, 2.24) is 19.7 Å². The molecule has 0 saturated heterocycles. The molecular formula is C15H17N5O. The van der Waals surface area contributed by atoms with E-state index in [0.29, 0.717) is 5.82 Å². The molecule has 0 bridgehead atoms. The molecule has 0 fully saturated rings. The molecule has 0 spiro atoms. The first kappa shape index (κ1) is 13.4. The number of hydrogen-bond donors (Lipinski definition) is 1. The summed E-state index contributed by atoms with van der Waals surface area (Å²) < 4.78 is 7.11. The van der Waals surface area contributed by atoms with Crippen molar-refractivity contribution in [1.29, 1.82) is 0 Å². The van der Waals surface area contributed by atoms with E-state index in [1.807, 2.05) is 39.2 Å². The Hall–Kier alpha value is -2.63. The van der Waals surface area contributed by atoms with E-state index in [4.69, 9.17) is 4.42 Å². The number of aromatic nitrogens is 4. The van der Waals surface area contributed by atoms with E-state index in [1.54, 1.807) is 17.1 Å². The second kappa shape index (κ2) is 5.40. The zero-order chi connectivity index (χ0) is 14.8. The van der Waals surface area contributed by atoms with Crippen LogP contribution >= 0.6 is 0 Å². The molecule has 0 atom stereocenters. The van der Waals surface area contributed by atoms with Gasteiger partial charge in [0.2, 0.25) is 0 Å². The van der Waals surface area contributed by atoms with Crippen LogP contribution in [-0.2, 0) is 7.05 Å². The van der Waals surface area contributed by atoms with E-state index in [2.05, 4.69) is 20.4 Å². The van der Waals surface area contributed by atoms with Gasteiger partial charge in [-0.2, -0.15) is 5.10 Å². The van der Waals surface area contributed by atoms with E-state index in [0.717, 1.165) is 34.9 Å². The lowest BCUT2D eigenvalue weighted by Gasteiger charge is -2.07. The summed E-state index contributed by atoms with van der Waals surface area (Å²) in [5, 5.41) is 7.43. The van der Waals surface area contributed by atoms with E-state index in [9.17, 15) is 0 Å². The molecule has 6 heteroatoms. The molecule has 0 saturated carbocycles. The second-order valence-corrected chi connectivity index (χ2v) is 4.79. The molecule has 0 unspecified atom stereocenters. The van der Waals surface area contributed by atoms with Gasteiger partial charge in [0.05, 0.1) is 23.7 Å². The minimum atomic E-state index is 0.651. The first-order valence-electron chi connectivity index (χ1n) is 6.84. The molecule has 0 aliphatic heterocycles. The summed E-state index contributed by atoms with van der Waals surface area (Å²) in [6, 6.07) is 3.81. The van der Waals surface area contributed by atoms with E-state index in [-0.39, 0.29) is 0 Å². The average Bonchev–Trinajstić information content (AvgIpc) is 3.07. The summed E-state index contributed by atoms with van der Waals surface area (Å²) in [4.78, 5) is 9.19. The van der Waals surface area contributed by atoms with E-state index < -0.39 is 0 Å². The molecule has 3 aromatic rings. The molecule has 0 radical (unpaired) electrons. The smallest absolute Gasteiger partial charge is 0.165 e. The summed E-state index contributed by atoms with van der Waals surface area (Å²) in [5.41, 5.74) is 2.70. The normalized spacial score (nSPS) is 10.8. The van der Waals surface area contributed by atoms with Crippen LogP contribution in [0, 0.1) is 6.92 Å². The SMILES string of the molecule is CCNc1cc(-c2cnn(C)c2)nc(-c2ccoc2C)n1. The van der Waals surface area contributed by atoms with Crippen molar-refractivity contribution >= 4 is 5.82 Å². The number of rotatable bonds is 4. The van der Waals surface area contributed by atoms with E-state index >= 15 is 0 Å². The van der Waals surface area contributed by atoms with Crippen LogP contribution in [0.1, 0.15) is 12.7 Å². The zero-order valence-corrected chi connectivity index (χ0v) is 12.3. The fourth-order valence-corrected chi connectivity index (χ4v) is 2.16. The maximum atomic E-state index is 5.35. The molecule has 3 rings (SSSR count). The van der Waals surface area contributed by atoms with Gasteiger partial charge in [0.1, 0.15) is 11.6 Å². The Kier molecular flexibility index (Phi) is 3.43. The third kappa shape index (κ3) is 2.65. The topological polar surface area (TPSA) is 68.8 Å². The van der Waals surface area contributed by atoms with Crippen molar-refractivity contribution < 1.29 is 4.42 Å². The monoisotopic (exact) mass is 283 g/mol. The minimum absolute atomic E-state index is 0.651. The zero-order valence-electron chi connectivity index (χ0n) is 12.3. The van der Waals surface area contributed by atoms with Gasteiger partial charge >= 0.3 is 0 Å². The first-order chi connectivity index (χ1) is 10.2. The van der Waals surface area contributed by atoms with Gasteiger partial charge in [0, 0.05) is 31.4 Å². The third-order valence-electron chi connectivity index (χ3n) is 3.18. The molecule has 0 aliphatic rings. The van der Waals surface area contributed by atoms with Crippen LogP contribution in [0.4, 0.5) is 5.82 Å². The van der Waals surface area contributed by atoms with Crippen molar-refractivity contribution in [3.05, 3.63) is 36.5 Å². The Morgan fingerprint density at radius 2 is 2.19 bits per heavy atom. The van der Waals surface area contributed by atoms with Crippen LogP contribution in [-0.4, -0.2) is 26.3 Å². The Labute approximate surface area is 122 Å². The molecular weight excluding hydrogens is 266 g/mol. The molecule has 21 heavy (non-hydrogen) atoms. The van der Waals surface area contributed by atoms with Gasteiger partial charge in [-0.25, -0.2) is 9.97 Å². The summed E-state index contributed by atoms with van der Waals surface area (Å²) in [5.74, 6) is 2.25. The van der Waals surface area contributed by atoms with Gasteiger partial charge in [0.15, 0.2) is 5.82 Å². The fourth-order valence-electron chi connectivity index (χ4n) is 2.16. The maximum Gasteiger partial charge on any atom is 0.165 e. The summed E-state index contributed by atoms with van der Waals surface area (Å²) in [6.07, 6.45) is 5.38. The lowest BCUT2D eigenvalue weighted by atomic mass is 10.2. The summed E-state index contributed by atoms with van der Waals surface area (Å²) >= 11 is 0. The molecule has 1 N–H and O–H groups in total. The van der Waals surface area contributed by atoms with Crippen LogP contribution in [0.5, 0.6) is 0 Å². The van der Waals surface area contributed by atoms with E-state index in [1.165, 1.54) is 0 Å². The number of furan rings is 1. The summed E-state index contributed by atoms with van der Waals surface area (Å²) in [6.45, 7) is 4.74. The maximum absolute atomic E-state index is 5.35. The largest absolute Gasteiger partial charge is 0.469 e. The van der Waals surface area contributed by atoms with Crippen LogP contribution in [0.25, 0.3) is 22.6 Å². The fraction of sp³-hybridized carbons (Fsp3) is 0.267. The number of nitrogens with one attached hydrogen (secondary N) is 1. The highest BCUT2D eigenvalue weighted by atomic mass is 16.3. The molecule has 0 aliphatic carbocycles. The summed E-state index contributed by atoms with van der Waals surface area (Å²) in [7, 11) is 1.89. The van der Waals surface area contributed by atoms with Gasteiger partial charge < -0.3 is 9.73 Å². The van der Waals surface area contributed by atoms with Gasteiger partial charge in [-0.3, -0.25) is 4.68 Å². The average molecular weight is 283 g/mol. The molecule has 0 amide bonds. The molecule has 3 heterocycles. The standard InChI is InChI=1S/C15H17N5O/c1-4-16-14-7-13(11-8-17-20(3)9-11)18-15(19-14)12-5-6-21-10(12)2/h5-9H,4H2,1-3H3,(H,16,18,19). The highest BCUT2D eigenvalue weighted by Gasteiger charge is 2.12. The second-order valence-electron chi connectivity index (χ2n) is 4.79. The lowest BCUT2D eigenvalue weighted by Crippen LogP contribution is -2.02.